The second kappa shape index (κ2) is 6.95. The van der Waals surface area contributed by atoms with Gasteiger partial charge in [0.1, 0.15) is 5.82 Å². The molecule has 7 heteroatoms. The predicted octanol–water partition coefficient (Wildman–Crippen LogP) is 1.64. The summed E-state index contributed by atoms with van der Waals surface area (Å²) < 4.78 is 2.08. The highest BCUT2D eigenvalue weighted by molar-refractivity contribution is 7.10. The van der Waals surface area contributed by atoms with Crippen molar-refractivity contribution < 1.29 is 9.59 Å². The Kier molecular flexibility index (Phi) is 4.76. The highest BCUT2D eigenvalue weighted by atomic mass is 32.1. The first-order valence-electron chi connectivity index (χ1n) is 7.71. The van der Waals surface area contributed by atoms with Gasteiger partial charge in [0, 0.05) is 43.2 Å². The molecule has 1 aliphatic rings. The minimum Gasteiger partial charge on any atom is -0.351 e. The second-order valence-electron chi connectivity index (χ2n) is 5.77. The van der Waals surface area contributed by atoms with Crippen LogP contribution in [0.5, 0.6) is 0 Å². The molecule has 2 aromatic rings. The van der Waals surface area contributed by atoms with Gasteiger partial charge in [0.15, 0.2) is 0 Å². The molecule has 2 atom stereocenters. The number of imidazole rings is 1. The molecule has 23 heavy (non-hydrogen) atoms. The van der Waals surface area contributed by atoms with Crippen LogP contribution in [0.2, 0.25) is 0 Å². The summed E-state index contributed by atoms with van der Waals surface area (Å²) in [6.45, 7) is 2.23. The van der Waals surface area contributed by atoms with Crippen molar-refractivity contribution in [2.45, 2.75) is 44.8 Å². The van der Waals surface area contributed by atoms with Crippen molar-refractivity contribution >= 4 is 23.2 Å². The van der Waals surface area contributed by atoms with Crippen molar-refractivity contribution in [2.24, 2.45) is 0 Å². The highest BCUT2D eigenvalue weighted by Gasteiger charge is 2.23. The summed E-state index contributed by atoms with van der Waals surface area (Å²) in [5, 5.41) is 7.89. The Morgan fingerprint density at radius 3 is 3.13 bits per heavy atom. The Labute approximate surface area is 138 Å². The molecule has 3 heterocycles. The van der Waals surface area contributed by atoms with Crippen molar-refractivity contribution in [1.82, 2.24) is 20.2 Å². The van der Waals surface area contributed by atoms with Crippen LogP contribution in [0.1, 0.15) is 36.5 Å². The van der Waals surface area contributed by atoms with Gasteiger partial charge in [-0.1, -0.05) is 6.07 Å². The maximum atomic E-state index is 12.4. The quantitative estimate of drug-likeness (QED) is 0.874. The molecule has 0 saturated carbocycles. The summed E-state index contributed by atoms with van der Waals surface area (Å²) >= 11 is 1.55. The van der Waals surface area contributed by atoms with Crippen LogP contribution in [0.15, 0.2) is 29.9 Å². The molecule has 122 valence electrons. The number of aryl methyl sites for hydroxylation is 1. The van der Waals surface area contributed by atoms with Crippen LogP contribution >= 0.6 is 11.3 Å². The Hall–Kier alpha value is -2.15. The number of carbonyl (C=O) groups excluding carboxylic acids is 2. The molecular formula is C16H20N4O2S. The SMILES string of the molecule is CC(=O)NC(CC(=O)NC1CCc2nccn2C1)c1cccs1. The number of carbonyl (C=O) groups is 2. The summed E-state index contributed by atoms with van der Waals surface area (Å²) in [6, 6.07) is 3.72. The number of nitrogens with one attached hydrogen (secondary N) is 2. The monoisotopic (exact) mass is 332 g/mol. The van der Waals surface area contributed by atoms with E-state index in [0.717, 1.165) is 30.1 Å². The molecule has 0 aromatic carbocycles. The third-order valence-electron chi connectivity index (χ3n) is 3.95. The first-order valence-corrected chi connectivity index (χ1v) is 8.59. The van der Waals surface area contributed by atoms with Gasteiger partial charge in [0.2, 0.25) is 11.8 Å². The second-order valence-corrected chi connectivity index (χ2v) is 6.75. The molecule has 2 aromatic heterocycles. The van der Waals surface area contributed by atoms with Crippen LogP contribution in [0.4, 0.5) is 0 Å². The number of fused-ring (bicyclic) bond motifs is 1. The first-order chi connectivity index (χ1) is 11.1. The molecule has 0 bridgehead atoms. The van der Waals surface area contributed by atoms with Gasteiger partial charge in [0.05, 0.1) is 12.5 Å². The molecule has 2 amide bonds. The topological polar surface area (TPSA) is 76.0 Å². The zero-order chi connectivity index (χ0) is 16.2. The fourth-order valence-corrected chi connectivity index (χ4v) is 3.69. The molecule has 0 radical (unpaired) electrons. The lowest BCUT2D eigenvalue weighted by Crippen LogP contribution is -2.42. The minimum atomic E-state index is -0.264. The van der Waals surface area contributed by atoms with E-state index in [9.17, 15) is 9.59 Å². The normalized spacial score (nSPS) is 18.0. The Morgan fingerprint density at radius 1 is 1.52 bits per heavy atom. The summed E-state index contributed by atoms with van der Waals surface area (Å²) in [5.74, 6) is 0.910. The number of thiophene rings is 1. The molecule has 0 fully saturated rings. The molecule has 0 saturated heterocycles. The van der Waals surface area contributed by atoms with Crippen LogP contribution in [0.25, 0.3) is 0 Å². The summed E-state index contributed by atoms with van der Waals surface area (Å²) in [7, 11) is 0. The standard InChI is InChI=1S/C16H20N4O2S/c1-11(21)18-13(14-3-2-8-23-14)9-16(22)19-12-4-5-15-17-6-7-20(15)10-12/h2-3,6-8,12-13H,4-5,9-10H2,1H3,(H,18,21)(H,19,22). The van der Waals surface area contributed by atoms with Crippen molar-refractivity contribution in [3.63, 3.8) is 0 Å². The van der Waals surface area contributed by atoms with E-state index in [1.807, 2.05) is 23.7 Å². The number of nitrogens with zero attached hydrogens (tertiary/aromatic N) is 2. The fraction of sp³-hybridized carbons (Fsp3) is 0.438. The van der Waals surface area contributed by atoms with Crippen LogP contribution in [-0.2, 0) is 22.6 Å². The van der Waals surface area contributed by atoms with Gasteiger partial charge in [-0.25, -0.2) is 4.98 Å². The third kappa shape index (κ3) is 3.98. The van der Waals surface area contributed by atoms with Crippen LogP contribution < -0.4 is 10.6 Å². The lowest BCUT2D eigenvalue weighted by atomic mass is 10.1. The van der Waals surface area contributed by atoms with E-state index in [1.54, 1.807) is 17.5 Å². The molecule has 2 N–H and O–H groups in total. The molecule has 6 nitrogen and oxygen atoms in total. The lowest BCUT2D eigenvalue weighted by Gasteiger charge is -2.25. The van der Waals surface area contributed by atoms with Crippen LogP contribution in [0.3, 0.4) is 0 Å². The van der Waals surface area contributed by atoms with E-state index in [4.69, 9.17) is 0 Å². The van der Waals surface area contributed by atoms with Crippen LogP contribution in [-0.4, -0.2) is 27.4 Å². The predicted molar refractivity (Wildman–Crippen MR) is 88.0 cm³/mol. The summed E-state index contributed by atoms with van der Waals surface area (Å²) in [5.41, 5.74) is 0. The van der Waals surface area contributed by atoms with Crippen molar-refractivity contribution in [1.29, 1.82) is 0 Å². The van der Waals surface area contributed by atoms with Crippen molar-refractivity contribution in [3.8, 4) is 0 Å². The maximum Gasteiger partial charge on any atom is 0.222 e. The van der Waals surface area contributed by atoms with Gasteiger partial charge in [0.25, 0.3) is 0 Å². The van der Waals surface area contributed by atoms with E-state index in [0.29, 0.717) is 0 Å². The number of hydrogen-bond donors (Lipinski definition) is 2. The van der Waals surface area contributed by atoms with E-state index in [1.165, 1.54) is 6.92 Å². The number of rotatable bonds is 5. The van der Waals surface area contributed by atoms with E-state index in [-0.39, 0.29) is 30.3 Å². The zero-order valence-electron chi connectivity index (χ0n) is 13.0. The van der Waals surface area contributed by atoms with Crippen molar-refractivity contribution in [3.05, 3.63) is 40.6 Å². The van der Waals surface area contributed by atoms with Gasteiger partial charge < -0.3 is 15.2 Å². The molecule has 0 spiro atoms. The van der Waals surface area contributed by atoms with Gasteiger partial charge in [-0.15, -0.1) is 11.3 Å². The fourth-order valence-electron chi connectivity index (χ4n) is 2.91. The molecule has 3 rings (SSSR count). The lowest BCUT2D eigenvalue weighted by molar-refractivity contribution is -0.123. The Morgan fingerprint density at radius 2 is 2.39 bits per heavy atom. The largest absolute Gasteiger partial charge is 0.351 e. The third-order valence-corrected chi connectivity index (χ3v) is 4.94. The molecule has 0 aliphatic carbocycles. The smallest absolute Gasteiger partial charge is 0.222 e. The van der Waals surface area contributed by atoms with E-state index >= 15 is 0 Å². The van der Waals surface area contributed by atoms with Gasteiger partial charge >= 0.3 is 0 Å². The molecular weight excluding hydrogens is 312 g/mol. The van der Waals surface area contributed by atoms with Crippen molar-refractivity contribution in [2.75, 3.05) is 0 Å². The molecule has 1 aliphatic heterocycles. The molecule has 2 unspecified atom stereocenters. The Bertz CT molecular complexity index is 680. The number of aromatic nitrogens is 2. The van der Waals surface area contributed by atoms with E-state index < -0.39 is 0 Å². The average molecular weight is 332 g/mol. The summed E-state index contributed by atoms with van der Waals surface area (Å²) in [4.78, 5) is 29.0. The summed E-state index contributed by atoms with van der Waals surface area (Å²) in [6.07, 6.45) is 5.76. The first kappa shape index (κ1) is 15.7. The Balaban J connectivity index is 1.58. The van der Waals surface area contributed by atoms with E-state index in [2.05, 4.69) is 20.2 Å². The minimum absolute atomic E-state index is 0.0364. The van der Waals surface area contributed by atoms with Gasteiger partial charge in [-0.2, -0.15) is 0 Å². The maximum absolute atomic E-state index is 12.4. The number of amides is 2. The zero-order valence-corrected chi connectivity index (χ0v) is 13.8. The average Bonchev–Trinajstić information content (AvgIpc) is 3.17. The van der Waals surface area contributed by atoms with Gasteiger partial charge in [-0.05, 0) is 17.9 Å². The van der Waals surface area contributed by atoms with Crippen LogP contribution in [0, 0.1) is 0 Å². The highest BCUT2D eigenvalue weighted by Crippen LogP contribution is 2.22. The van der Waals surface area contributed by atoms with Gasteiger partial charge in [-0.3, -0.25) is 9.59 Å². The number of hydrogen-bond acceptors (Lipinski definition) is 4.